The number of hydrogen-bond donors (Lipinski definition) is 2. The van der Waals surface area contributed by atoms with Crippen molar-refractivity contribution < 1.29 is 5.11 Å². The SMILES string of the molecule is O=c1cc(CN2CCNCC2)nc2c(O)cccn12. The lowest BCUT2D eigenvalue weighted by molar-refractivity contribution is 0.230. The zero-order valence-electron chi connectivity index (χ0n) is 10.5. The summed E-state index contributed by atoms with van der Waals surface area (Å²) in [6.45, 7) is 4.45. The van der Waals surface area contributed by atoms with Crippen LogP contribution in [0, 0.1) is 0 Å². The molecule has 1 aliphatic rings. The molecule has 1 fully saturated rings. The normalized spacial score (nSPS) is 16.8. The summed E-state index contributed by atoms with van der Waals surface area (Å²) in [6.07, 6.45) is 1.61. The van der Waals surface area contributed by atoms with Crippen molar-refractivity contribution in [3.8, 4) is 5.75 Å². The van der Waals surface area contributed by atoms with Gasteiger partial charge in [0.1, 0.15) is 0 Å². The van der Waals surface area contributed by atoms with Crippen LogP contribution in [0.2, 0.25) is 0 Å². The summed E-state index contributed by atoms with van der Waals surface area (Å²) in [4.78, 5) is 18.6. The molecule has 0 unspecified atom stereocenters. The van der Waals surface area contributed by atoms with Gasteiger partial charge in [0.05, 0.1) is 5.69 Å². The second-order valence-electron chi connectivity index (χ2n) is 4.70. The number of pyridine rings is 1. The molecule has 6 nitrogen and oxygen atoms in total. The second kappa shape index (κ2) is 4.99. The first-order valence-electron chi connectivity index (χ1n) is 6.37. The topological polar surface area (TPSA) is 69.9 Å². The third-order valence-corrected chi connectivity index (χ3v) is 3.32. The van der Waals surface area contributed by atoms with Gasteiger partial charge in [0, 0.05) is 45.0 Å². The van der Waals surface area contributed by atoms with Crippen molar-refractivity contribution in [3.63, 3.8) is 0 Å². The molecule has 0 aromatic carbocycles. The highest BCUT2D eigenvalue weighted by molar-refractivity contribution is 5.52. The van der Waals surface area contributed by atoms with Crippen LogP contribution in [0.25, 0.3) is 5.65 Å². The van der Waals surface area contributed by atoms with E-state index < -0.39 is 0 Å². The maximum atomic E-state index is 12.0. The minimum atomic E-state index is -0.161. The van der Waals surface area contributed by atoms with Gasteiger partial charge in [-0.25, -0.2) is 4.98 Å². The Labute approximate surface area is 110 Å². The van der Waals surface area contributed by atoms with Crippen molar-refractivity contribution in [3.05, 3.63) is 40.4 Å². The Kier molecular flexibility index (Phi) is 3.18. The fourth-order valence-corrected chi connectivity index (χ4v) is 2.34. The number of nitrogens with one attached hydrogen (secondary N) is 1. The van der Waals surface area contributed by atoms with Gasteiger partial charge in [-0.1, -0.05) is 0 Å². The van der Waals surface area contributed by atoms with E-state index in [2.05, 4.69) is 15.2 Å². The third-order valence-electron chi connectivity index (χ3n) is 3.32. The molecule has 2 aromatic heterocycles. The van der Waals surface area contributed by atoms with Crippen LogP contribution in [0.1, 0.15) is 5.69 Å². The van der Waals surface area contributed by atoms with Crippen molar-refractivity contribution in [1.82, 2.24) is 19.6 Å². The molecule has 0 spiro atoms. The highest BCUT2D eigenvalue weighted by Crippen LogP contribution is 2.14. The Morgan fingerprint density at radius 1 is 1.37 bits per heavy atom. The van der Waals surface area contributed by atoms with Crippen LogP contribution in [0.3, 0.4) is 0 Å². The molecule has 0 atom stereocenters. The number of rotatable bonds is 2. The number of aromatic nitrogens is 2. The van der Waals surface area contributed by atoms with E-state index in [9.17, 15) is 9.90 Å². The molecule has 0 bridgehead atoms. The van der Waals surface area contributed by atoms with Gasteiger partial charge in [0.25, 0.3) is 5.56 Å². The van der Waals surface area contributed by atoms with Crippen molar-refractivity contribution in [1.29, 1.82) is 0 Å². The molecule has 0 amide bonds. The van der Waals surface area contributed by atoms with Crippen LogP contribution < -0.4 is 10.9 Å². The van der Waals surface area contributed by atoms with Crippen LogP contribution in [0.15, 0.2) is 29.2 Å². The van der Waals surface area contributed by atoms with E-state index in [0.29, 0.717) is 17.9 Å². The van der Waals surface area contributed by atoms with Gasteiger partial charge in [-0.05, 0) is 12.1 Å². The van der Waals surface area contributed by atoms with Crippen LogP contribution in [-0.4, -0.2) is 45.6 Å². The van der Waals surface area contributed by atoms with E-state index in [0.717, 1.165) is 26.2 Å². The molecule has 0 aliphatic carbocycles. The van der Waals surface area contributed by atoms with Crippen LogP contribution in [0.4, 0.5) is 0 Å². The highest BCUT2D eigenvalue weighted by atomic mass is 16.3. The van der Waals surface area contributed by atoms with Gasteiger partial charge >= 0.3 is 0 Å². The Bertz CT molecular complexity index is 647. The first kappa shape index (κ1) is 12.1. The van der Waals surface area contributed by atoms with Gasteiger partial charge in [-0.2, -0.15) is 0 Å². The Morgan fingerprint density at radius 3 is 2.95 bits per heavy atom. The van der Waals surface area contributed by atoms with Crippen molar-refractivity contribution >= 4 is 5.65 Å². The summed E-state index contributed by atoms with van der Waals surface area (Å²) in [5.41, 5.74) is 0.861. The zero-order chi connectivity index (χ0) is 13.2. The highest BCUT2D eigenvalue weighted by Gasteiger charge is 2.12. The van der Waals surface area contributed by atoms with Crippen molar-refractivity contribution in [2.75, 3.05) is 26.2 Å². The predicted octanol–water partition coefficient (Wildman–Crippen LogP) is -0.195. The minimum absolute atomic E-state index is 0.0294. The molecule has 3 heterocycles. The second-order valence-corrected chi connectivity index (χ2v) is 4.70. The Balaban J connectivity index is 1.96. The summed E-state index contributed by atoms with van der Waals surface area (Å²) in [7, 11) is 0. The molecule has 6 heteroatoms. The summed E-state index contributed by atoms with van der Waals surface area (Å²) < 4.78 is 1.36. The van der Waals surface area contributed by atoms with E-state index in [4.69, 9.17) is 0 Å². The van der Waals surface area contributed by atoms with Gasteiger partial charge in [0.15, 0.2) is 11.4 Å². The van der Waals surface area contributed by atoms with E-state index in [1.807, 2.05) is 0 Å². The predicted molar refractivity (Wildman–Crippen MR) is 71.3 cm³/mol. The third kappa shape index (κ3) is 2.45. The zero-order valence-corrected chi connectivity index (χ0v) is 10.5. The van der Waals surface area contributed by atoms with Crippen LogP contribution in [-0.2, 0) is 6.54 Å². The minimum Gasteiger partial charge on any atom is -0.504 e. The summed E-state index contributed by atoms with van der Waals surface area (Å²) >= 11 is 0. The lowest BCUT2D eigenvalue weighted by Crippen LogP contribution is -2.43. The number of fused-ring (bicyclic) bond motifs is 1. The quantitative estimate of drug-likeness (QED) is 0.783. The fourth-order valence-electron chi connectivity index (χ4n) is 2.34. The van der Waals surface area contributed by atoms with E-state index in [1.54, 1.807) is 12.3 Å². The summed E-state index contributed by atoms with van der Waals surface area (Å²) in [6, 6.07) is 4.70. The summed E-state index contributed by atoms with van der Waals surface area (Å²) in [5, 5.41) is 13.1. The molecular formula is C13H16N4O2. The molecule has 0 radical (unpaired) electrons. The average molecular weight is 260 g/mol. The smallest absolute Gasteiger partial charge is 0.258 e. The molecule has 19 heavy (non-hydrogen) atoms. The first-order valence-corrected chi connectivity index (χ1v) is 6.37. The van der Waals surface area contributed by atoms with Crippen molar-refractivity contribution in [2.24, 2.45) is 0 Å². The molecule has 1 saturated heterocycles. The molecule has 2 N–H and O–H groups in total. The van der Waals surface area contributed by atoms with Gasteiger partial charge < -0.3 is 10.4 Å². The first-order chi connectivity index (χ1) is 9.24. The molecule has 1 aliphatic heterocycles. The summed E-state index contributed by atoms with van der Waals surface area (Å²) in [5.74, 6) is 0.0294. The molecule has 100 valence electrons. The average Bonchev–Trinajstić information content (AvgIpc) is 2.41. The number of piperazine rings is 1. The van der Waals surface area contributed by atoms with Gasteiger partial charge in [-0.15, -0.1) is 0 Å². The lowest BCUT2D eigenvalue weighted by atomic mass is 10.3. The van der Waals surface area contributed by atoms with E-state index in [1.165, 1.54) is 16.5 Å². The number of aromatic hydroxyl groups is 1. The van der Waals surface area contributed by atoms with E-state index >= 15 is 0 Å². The van der Waals surface area contributed by atoms with Gasteiger partial charge in [-0.3, -0.25) is 14.1 Å². The Hall–Kier alpha value is -1.92. The molecule has 3 rings (SSSR count). The fraction of sp³-hybridized carbons (Fsp3) is 0.385. The maximum absolute atomic E-state index is 12.0. The lowest BCUT2D eigenvalue weighted by Gasteiger charge is -2.26. The van der Waals surface area contributed by atoms with Crippen molar-refractivity contribution in [2.45, 2.75) is 6.54 Å². The molecule has 0 saturated carbocycles. The monoisotopic (exact) mass is 260 g/mol. The van der Waals surface area contributed by atoms with E-state index in [-0.39, 0.29) is 11.3 Å². The number of hydrogen-bond acceptors (Lipinski definition) is 5. The number of nitrogens with zero attached hydrogens (tertiary/aromatic N) is 3. The molecular weight excluding hydrogens is 244 g/mol. The van der Waals surface area contributed by atoms with Gasteiger partial charge in [0.2, 0.25) is 0 Å². The largest absolute Gasteiger partial charge is 0.504 e. The van der Waals surface area contributed by atoms with Crippen LogP contribution in [0.5, 0.6) is 5.75 Å². The standard InChI is InChI=1S/C13H16N4O2/c18-11-2-1-5-17-12(19)8-10(15-13(11)17)9-16-6-3-14-4-7-16/h1-2,5,8,14,18H,3-4,6-7,9H2. The maximum Gasteiger partial charge on any atom is 0.258 e. The Morgan fingerprint density at radius 2 is 2.16 bits per heavy atom. The molecule has 2 aromatic rings. The van der Waals surface area contributed by atoms with Crippen LogP contribution >= 0.6 is 0 Å².